The summed E-state index contributed by atoms with van der Waals surface area (Å²) in [5.41, 5.74) is 3.85. The molecule has 1 aromatic rings. The zero-order valence-electron chi connectivity index (χ0n) is 10.6. The van der Waals surface area contributed by atoms with Crippen LogP contribution in [0.5, 0.6) is 0 Å². The fourth-order valence-corrected chi connectivity index (χ4v) is 4.44. The number of hydrogen-bond acceptors (Lipinski definition) is 2. The lowest BCUT2D eigenvalue weighted by Crippen LogP contribution is -2.26. The number of benzene rings is 1. The van der Waals surface area contributed by atoms with Crippen LogP contribution in [0.4, 0.5) is 0 Å². The molecule has 1 fully saturated rings. The highest BCUT2D eigenvalue weighted by Crippen LogP contribution is 2.24. The first kappa shape index (κ1) is 12.6. The van der Waals surface area contributed by atoms with Gasteiger partial charge in [-0.1, -0.05) is 23.8 Å². The van der Waals surface area contributed by atoms with Crippen molar-refractivity contribution in [1.29, 1.82) is 0 Å². The van der Waals surface area contributed by atoms with Crippen molar-refractivity contribution in [1.82, 2.24) is 0 Å². The van der Waals surface area contributed by atoms with E-state index >= 15 is 0 Å². The number of hydrogen-bond donors (Lipinski definition) is 0. The summed E-state index contributed by atoms with van der Waals surface area (Å²) in [6.07, 6.45) is 2.79. The molecule has 94 valence electrons. The molecule has 1 heterocycles. The molecule has 2 nitrogen and oxygen atoms in total. The van der Waals surface area contributed by atoms with Gasteiger partial charge in [-0.3, -0.25) is 0 Å². The predicted octanol–water partition coefficient (Wildman–Crippen LogP) is 2.67. The lowest BCUT2D eigenvalue weighted by atomic mass is 9.93. The molecule has 2 rings (SSSR count). The van der Waals surface area contributed by atoms with Crippen molar-refractivity contribution in [2.24, 2.45) is 5.92 Å². The van der Waals surface area contributed by atoms with E-state index in [2.05, 4.69) is 32.0 Å². The van der Waals surface area contributed by atoms with Crippen molar-refractivity contribution in [3.8, 4) is 0 Å². The van der Waals surface area contributed by atoms with Crippen molar-refractivity contribution in [2.75, 3.05) is 11.5 Å². The van der Waals surface area contributed by atoms with Crippen LogP contribution in [-0.2, 0) is 16.3 Å². The Balaban J connectivity index is 2.10. The third-order valence-electron chi connectivity index (χ3n) is 3.56. The van der Waals surface area contributed by atoms with Crippen LogP contribution in [0.15, 0.2) is 18.2 Å². The lowest BCUT2D eigenvalue weighted by molar-refractivity contribution is 0.483. The van der Waals surface area contributed by atoms with Gasteiger partial charge in [0.25, 0.3) is 0 Å². The molecule has 0 spiro atoms. The van der Waals surface area contributed by atoms with Crippen LogP contribution in [0.25, 0.3) is 0 Å². The predicted molar refractivity (Wildman–Crippen MR) is 71.0 cm³/mol. The first-order chi connectivity index (χ1) is 7.96. The van der Waals surface area contributed by atoms with Gasteiger partial charge in [-0.2, -0.15) is 0 Å². The van der Waals surface area contributed by atoms with E-state index in [1.807, 2.05) is 0 Å². The maximum Gasteiger partial charge on any atom is 0.150 e. The molecule has 0 saturated carbocycles. The van der Waals surface area contributed by atoms with E-state index < -0.39 is 9.84 Å². The second kappa shape index (κ2) is 4.81. The van der Waals surface area contributed by atoms with Gasteiger partial charge in [0, 0.05) is 0 Å². The van der Waals surface area contributed by atoms with Crippen molar-refractivity contribution < 1.29 is 8.42 Å². The minimum absolute atomic E-state index is 0.315. The molecule has 1 unspecified atom stereocenters. The molecule has 0 aliphatic carbocycles. The average molecular weight is 252 g/mol. The van der Waals surface area contributed by atoms with Gasteiger partial charge in [0.05, 0.1) is 11.5 Å². The quantitative estimate of drug-likeness (QED) is 0.811. The zero-order chi connectivity index (χ0) is 12.5. The van der Waals surface area contributed by atoms with E-state index in [-0.39, 0.29) is 0 Å². The number of sulfone groups is 1. The third kappa shape index (κ3) is 3.32. The third-order valence-corrected chi connectivity index (χ3v) is 5.45. The van der Waals surface area contributed by atoms with Crippen molar-refractivity contribution in [2.45, 2.75) is 33.1 Å². The second-order valence-electron chi connectivity index (χ2n) is 5.26. The van der Waals surface area contributed by atoms with Crippen LogP contribution in [0.1, 0.15) is 29.5 Å². The van der Waals surface area contributed by atoms with Crippen LogP contribution in [0.2, 0.25) is 0 Å². The van der Waals surface area contributed by atoms with Crippen LogP contribution >= 0.6 is 0 Å². The first-order valence-corrected chi connectivity index (χ1v) is 8.05. The maximum atomic E-state index is 11.6. The molecular formula is C14H20O2S. The molecule has 1 aromatic carbocycles. The summed E-state index contributed by atoms with van der Waals surface area (Å²) in [6, 6.07) is 6.43. The van der Waals surface area contributed by atoms with Gasteiger partial charge < -0.3 is 0 Å². The van der Waals surface area contributed by atoms with Crippen LogP contribution < -0.4 is 0 Å². The molecule has 1 aliphatic rings. The highest BCUT2D eigenvalue weighted by molar-refractivity contribution is 7.91. The van der Waals surface area contributed by atoms with E-state index in [0.29, 0.717) is 17.4 Å². The molecule has 1 aliphatic heterocycles. The molecule has 1 saturated heterocycles. The Hall–Kier alpha value is -0.830. The Morgan fingerprint density at radius 2 is 2.06 bits per heavy atom. The Morgan fingerprint density at radius 1 is 1.29 bits per heavy atom. The van der Waals surface area contributed by atoms with Crippen LogP contribution in [-0.4, -0.2) is 19.9 Å². The second-order valence-corrected chi connectivity index (χ2v) is 7.49. The smallest absolute Gasteiger partial charge is 0.150 e. The summed E-state index contributed by atoms with van der Waals surface area (Å²) in [5, 5.41) is 0. The molecule has 1 atom stereocenters. The standard InChI is InChI=1S/C14H20O2S/c1-11-5-6-14(12(2)8-11)9-13-4-3-7-17(15,16)10-13/h5-6,8,13H,3-4,7,9-10H2,1-2H3. The van der Waals surface area contributed by atoms with Gasteiger partial charge in [-0.25, -0.2) is 8.42 Å². The van der Waals surface area contributed by atoms with Crippen molar-refractivity contribution >= 4 is 9.84 Å². The van der Waals surface area contributed by atoms with Crippen LogP contribution in [0, 0.1) is 19.8 Å². The van der Waals surface area contributed by atoms with Crippen LogP contribution in [0.3, 0.4) is 0 Å². The normalized spacial score (nSPS) is 23.5. The summed E-state index contributed by atoms with van der Waals surface area (Å²) in [5.74, 6) is 1.08. The Bertz CT molecular complexity index is 503. The number of rotatable bonds is 2. The minimum atomic E-state index is -2.77. The average Bonchev–Trinajstić information content (AvgIpc) is 2.21. The highest BCUT2D eigenvalue weighted by Gasteiger charge is 2.24. The van der Waals surface area contributed by atoms with Gasteiger partial charge in [0.1, 0.15) is 0 Å². The van der Waals surface area contributed by atoms with Gasteiger partial charge in [-0.05, 0) is 50.2 Å². The minimum Gasteiger partial charge on any atom is -0.229 e. The summed E-state index contributed by atoms with van der Waals surface area (Å²) < 4.78 is 23.2. The van der Waals surface area contributed by atoms with E-state index in [1.165, 1.54) is 16.7 Å². The zero-order valence-corrected chi connectivity index (χ0v) is 11.4. The largest absolute Gasteiger partial charge is 0.229 e. The molecule has 0 amide bonds. The summed E-state index contributed by atoms with van der Waals surface area (Å²) in [4.78, 5) is 0. The van der Waals surface area contributed by atoms with E-state index in [0.717, 1.165) is 19.3 Å². The maximum absolute atomic E-state index is 11.6. The van der Waals surface area contributed by atoms with E-state index in [4.69, 9.17) is 0 Å². The molecule has 0 aromatic heterocycles. The molecular weight excluding hydrogens is 232 g/mol. The van der Waals surface area contributed by atoms with Gasteiger partial charge >= 0.3 is 0 Å². The molecule has 0 bridgehead atoms. The van der Waals surface area contributed by atoms with Gasteiger partial charge in [0.2, 0.25) is 0 Å². The Morgan fingerprint density at radius 3 is 2.71 bits per heavy atom. The Labute approximate surface area is 104 Å². The SMILES string of the molecule is Cc1ccc(CC2CCCS(=O)(=O)C2)c(C)c1. The lowest BCUT2D eigenvalue weighted by Gasteiger charge is -2.22. The number of aryl methyl sites for hydroxylation is 2. The van der Waals surface area contributed by atoms with E-state index in [9.17, 15) is 8.42 Å². The van der Waals surface area contributed by atoms with Crippen molar-refractivity contribution in [3.05, 3.63) is 34.9 Å². The Kier molecular flexibility index (Phi) is 3.57. The molecule has 0 N–H and O–H groups in total. The molecule has 3 heteroatoms. The van der Waals surface area contributed by atoms with Crippen molar-refractivity contribution in [3.63, 3.8) is 0 Å². The summed E-state index contributed by atoms with van der Waals surface area (Å²) in [6.45, 7) is 4.20. The topological polar surface area (TPSA) is 34.1 Å². The van der Waals surface area contributed by atoms with Gasteiger partial charge in [0.15, 0.2) is 9.84 Å². The fourth-order valence-electron chi connectivity index (χ4n) is 2.66. The van der Waals surface area contributed by atoms with E-state index in [1.54, 1.807) is 0 Å². The molecule has 17 heavy (non-hydrogen) atoms. The summed E-state index contributed by atoms with van der Waals surface area (Å²) in [7, 11) is -2.77. The van der Waals surface area contributed by atoms with Gasteiger partial charge in [-0.15, -0.1) is 0 Å². The summed E-state index contributed by atoms with van der Waals surface area (Å²) >= 11 is 0. The molecule has 0 radical (unpaired) electrons. The first-order valence-electron chi connectivity index (χ1n) is 6.23. The fraction of sp³-hybridized carbons (Fsp3) is 0.571. The monoisotopic (exact) mass is 252 g/mol. The highest BCUT2D eigenvalue weighted by atomic mass is 32.2.